The zero-order valence-corrected chi connectivity index (χ0v) is 33.6. The maximum absolute atomic E-state index is 15.0. The van der Waals surface area contributed by atoms with Gasteiger partial charge < -0.3 is 24.8 Å². The third-order valence-electron chi connectivity index (χ3n) is 11.3. The highest BCUT2D eigenvalue weighted by molar-refractivity contribution is 7.91. The van der Waals surface area contributed by atoms with Crippen molar-refractivity contribution >= 4 is 44.6 Å². The molecule has 7 atom stereocenters. The number of amides is 4. The third-order valence-corrected chi connectivity index (χ3v) is 13.1. The molecule has 3 heterocycles. The van der Waals surface area contributed by atoms with Gasteiger partial charge in [-0.05, 0) is 115 Å². The van der Waals surface area contributed by atoms with Crippen LogP contribution in [0.2, 0.25) is 0 Å². The highest BCUT2D eigenvalue weighted by Gasteiger charge is 2.63. The van der Waals surface area contributed by atoms with Crippen LogP contribution >= 0.6 is 0 Å². The summed E-state index contributed by atoms with van der Waals surface area (Å²) in [6, 6.07) is 4.52. The number of carbonyl (C=O) groups is 4. The first-order valence-electron chi connectivity index (χ1n) is 19.4. The van der Waals surface area contributed by atoms with Gasteiger partial charge >= 0.3 is 6.09 Å². The van der Waals surface area contributed by atoms with Crippen LogP contribution in [0.25, 0.3) is 10.8 Å². The fourth-order valence-corrected chi connectivity index (χ4v) is 9.70. The number of fused-ring (bicyclic) bond motifs is 3. The zero-order chi connectivity index (χ0) is 40.0. The number of ether oxygens (including phenoxy) is 2. The van der Waals surface area contributed by atoms with Crippen LogP contribution in [0.15, 0.2) is 42.6 Å². The minimum Gasteiger partial charge on any atom is -0.491 e. The first-order chi connectivity index (χ1) is 25.8. The maximum Gasteiger partial charge on any atom is 0.408 e. The summed E-state index contributed by atoms with van der Waals surface area (Å²) in [6.45, 7) is 12.9. The van der Waals surface area contributed by atoms with Gasteiger partial charge in [0.15, 0.2) is 0 Å². The van der Waals surface area contributed by atoms with E-state index in [0.717, 1.165) is 11.8 Å². The predicted molar refractivity (Wildman–Crippen MR) is 206 cm³/mol. The monoisotopic (exact) mass is 781 g/mol. The first kappa shape index (κ1) is 40.3. The number of hydrogen-bond donors (Lipinski definition) is 3. The molecule has 4 amide bonds. The van der Waals surface area contributed by atoms with E-state index in [4.69, 9.17) is 9.47 Å². The number of rotatable bonds is 9. The van der Waals surface area contributed by atoms with Crippen LogP contribution in [0.1, 0.15) is 93.4 Å². The van der Waals surface area contributed by atoms with Gasteiger partial charge in [0.25, 0.3) is 5.91 Å². The van der Waals surface area contributed by atoms with Crippen LogP contribution < -0.4 is 19.5 Å². The lowest BCUT2D eigenvalue weighted by Crippen LogP contribution is -2.60. The van der Waals surface area contributed by atoms with Gasteiger partial charge in [-0.15, -0.1) is 0 Å². The number of carboxylic acid groups (broad SMARTS) is 1. The smallest absolute Gasteiger partial charge is 0.408 e. The predicted octanol–water partition coefficient (Wildman–Crippen LogP) is 5.01. The van der Waals surface area contributed by atoms with E-state index >= 15 is 4.79 Å². The molecule has 0 radical (unpaired) electrons. The van der Waals surface area contributed by atoms with Gasteiger partial charge in [0.05, 0.1) is 17.9 Å². The lowest BCUT2D eigenvalue weighted by molar-refractivity contribution is -0.145. The SMILES string of the molecule is CC(C)Oc1ccc2c(O[C@]3(C)C[C@H]4C(=O)N[C@]5(C(=O)NS(=O)(=O)C6CC6)C[C@H]5/C=C\CC[C@H](C)C[C@@H](C)[C@H](N(C(=O)O)C(C)C)C(=O)N4C3)nccc2c1. The number of benzene rings is 1. The van der Waals surface area contributed by atoms with Gasteiger partial charge in [-0.25, -0.2) is 18.2 Å². The van der Waals surface area contributed by atoms with Gasteiger partial charge in [-0.2, -0.15) is 0 Å². The van der Waals surface area contributed by atoms with Crippen molar-refractivity contribution in [1.82, 2.24) is 24.8 Å². The number of nitrogens with zero attached hydrogens (tertiary/aromatic N) is 3. The highest BCUT2D eigenvalue weighted by atomic mass is 32.2. The summed E-state index contributed by atoms with van der Waals surface area (Å²) in [7, 11) is -3.92. The lowest BCUT2D eigenvalue weighted by Gasteiger charge is -2.39. The quantitative estimate of drug-likeness (QED) is 0.292. The Hall–Kier alpha value is -4.40. The Labute approximate surface area is 323 Å². The van der Waals surface area contributed by atoms with E-state index in [2.05, 4.69) is 21.9 Å². The molecule has 1 aromatic heterocycles. The van der Waals surface area contributed by atoms with Crippen LogP contribution in [-0.2, 0) is 24.4 Å². The Balaban J connectivity index is 1.39. The summed E-state index contributed by atoms with van der Waals surface area (Å²) in [5.41, 5.74) is -2.72. The Morgan fingerprint density at radius 1 is 1.09 bits per heavy atom. The topological polar surface area (TPSA) is 185 Å². The Morgan fingerprint density at radius 3 is 2.47 bits per heavy atom. The molecule has 14 nitrogen and oxygen atoms in total. The number of allylic oxidation sites excluding steroid dienone is 1. The van der Waals surface area contributed by atoms with Crippen LogP contribution in [0.3, 0.4) is 0 Å². The Bertz CT molecular complexity index is 1970. The van der Waals surface area contributed by atoms with Crippen molar-refractivity contribution in [2.24, 2.45) is 17.8 Å². The van der Waals surface area contributed by atoms with Gasteiger partial charge in [0, 0.05) is 30.0 Å². The molecule has 300 valence electrons. The van der Waals surface area contributed by atoms with Gasteiger partial charge in [0.2, 0.25) is 27.7 Å². The van der Waals surface area contributed by atoms with Crippen molar-refractivity contribution in [3.05, 3.63) is 42.6 Å². The highest BCUT2D eigenvalue weighted by Crippen LogP contribution is 2.47. The fraction of sp³-hybridized carbons (Fsp3) is 0.625. The van der Waals surface area contributed by atoms with Gasteiger partial charge in [0.1, 0.15) is 29.0 Å². The van der Waals surface area contributed by atoms with E-state index in [1.54, 1.807) is 27.0 Å². The Morgan fingerprint density at radius 2 is 1.82 bits per heavy atom. The molecule has 0 spiro atoms. The van der Waals surface area contributed by atoms with E-state index < -0.39 is 80.2 Å². The molecule has 2 aliphatic heterocycles. The number of hydrogen-bond acceptors (Lipinski definition) is 9. The van der Waals surface area contributed by atoms with E-state index in [-0.39, 0.29) is 37.3 Å². The molecule has 1 saturated heterocycles. The summed E-state index contributed by atoms with van der Waals surface area (Å²) in [5, 5.41) is 14.2. The van der Waals surface area contributed by atoms with Crippen molar-refractivity contribution in [3.8, 4) is 11.6 Å². The molecule has 15 heteroatoms. The number of sulfonamides is 1. The standard InChI is InChI=1S/C40H55N5O9S/c1-23(2)45(38(49)50)33-26(6)18-25(5)10-8-9-11-28-20-40(28,37(48)43-55(51,52)30-13-14-30)42-34(46)32-21-39(7,22-44(32)36(33)47)54-35-31-15-12-29(53-24(3)4)19-27(31)16-17-41-35/h9,11-12,15-17,19,23-26,28,30,32-33H,8,10,13-14,18,20-22H2,1-7H3,(H,42,46)(H,43,48)(H,49,50)/b11-9-/t25-,26+,28+,32-,33-,39+,40+/m0/s1. The van der Waals surface area contributed by atoms with Crippen molar-refractivity contribution in [1.29, 1.82) is 0 Å². The Kier molecular flexibility index (Phi) is 11.2. The average Bonchev–Trinajstić information content (AvgIpc) is 4.02. The number of aromatic nitrogens is 1. The lowest BCUT2D eigenvalue weighted by atomic mass is 9.86. The van der Waals surface area contributed by atoms with Crippen molar-refractivity contribution in [2.75, 3.05) is 6.54 Å². The summed E-state index contributed by atoms with van der Waals surface area (Å²) in [5.74, 6) is -1.79. The van der Waals surface area contributed by atoms with Crippen LogP contribution in [-0.4, -0.2) is 99.3 Å². The summed E-state index contributed by atoms with van der Waals surface area (Å²) in [6.07, 6.45) is 7.19. The average molecular weight is 782 g/mol. The molecule has 2 aromatic rings. The molecule has 2 aliphatic carbocycles. The van der Waals surface area contributed by atoms with E-state index in [1.807, 2.05) is 57.2 Å². The third kappa shape index (κ3) is 8.56. The minimum absolute atomic E-state index is 0.0119. The second kappa shape index (κ2) is 15.3. The second-order valence-corrected chi connectivity index (χ2v) is 18.9. The second-order valence-electron chi connectivity index (χ2n) is 16.9. The molecule has 1 aromatic carbocycles. The molecule has 55 heavy (non-hydrogen) atoms. The maximum atomic E-state index is 15.0. The zero-order valence-electron chi connectivity index (χ0n) is 32.8. The van der Waals surface area contributed by atoms with Crippen molar-refractivity contribution in [2.45, 2.75) is 134 Å². The molecule has 4 aliphatic rings. The molecule has 3 N–H and O–H groups in total. The van der Waals surface area contributed by atoms with E-state index in [1.165, 1.54) is 9.80 Å². The molecular weight excluding hydrogens is 727 g/mol. The van der Waals surface area contributed by atoms with Gasteiger partial charge in [-0.3, -0.25) is 24.0 Å². The normalized spacial score (nSPS) is 30.8. The largest absolute Gasteiger partial charge is 0.491 e. The minimum atomic E-state index is -3.92. The van der Waals surface area contributed by atoms with Crippen LogP contribution in [0.4, 0.5) is 4.79 Å². The number of carbonyl (C=O) groups excluding carboxylic acids is 3. The molecule has 0 bridgehead atoms. The first-order valence-corrected chi connectivity index (χ1v) is 21.0. The molecule has 6 rings (SSSR count). The fourth-order valence-electron chi connectivity index (χ4n) is 8.34. The van der Waals surface area contributed by atoms with E-state index in [0.29, 0.717) is 36.8 Å². The molecule has 2 saturated carbocycles. The van der Waals surface area contributed by atoms with Gasteiger partial charge in [-0.1, -0.05) is 26.0 Å². The van der Waals surface area contributed by atoms with Crippen molar-refractivity contribution in [3.63, 3.8) is 0 Å². The summed E-state index contributed by atoms with van der Waals surface area (Å²) < 4.78 is 40.6. The summed E-state index contributed by atoms with van der Waals surface area (Å²) in [4.78, 5) is 63.4. The van der Waals surface area contributed by atoms with Crippen LogP contribution in [0.5, 0.6) is 11.6 Å². The molecule has 0 unspecified atom stereocenters. The molecular formula is C40H55N5O9S. The summed E-state index contributed by atoms with van der Waals surface area (Å²) >= 11 is 0. The van der Waals surface area contributed by atoms with Crippen LogP contribution in [0, 0.1) is 17.8 Å². The number of nitrogens with one attached hydrogen (secondary N) is 2. The molecule has 3 fully saturated rings. The number of pyridine rings is 1. The van der Waals surface area contributed by atoms with E-state index in [9.17, 15) is 27.9 Å². The van der Waals surface area contributed by atoms with Crippen molar-refractivity contribution < 1.29 is 42.2 Å².